The lowest BCUT2D eigenvalue weighted by atomic mass is 9.96. The van der Waals surface area contributed by atoms with E-state index in [4.69, 9.17) is 4.74 Å². The number of esters is 1. The van der Waals surface area contributed by atoms with Gasteiger partial charge in [0.1, 0.15) is 11.3 Å². The molecule has 1 saturated carbocycles. The summed E-state index contributed by atoms with van der Waals surface area (Å²) in [5, 5.41) is 16.6. The quantitative estimate of drug-likeness (QED) is 0.702. The molecule has 148 valence electrons. The average molecular weight is 384 g/mol. The third-order valence-electron chi connectivity index (χ3n) is 4.91. The third-order valence-corrected chi connectivity index (χ3v) is 4.91. The van der Waals surface area contributed by atoms with Crippen molar-refractivity contribution in [3.05, 3.63) is 42.0 Å². The first-order valence-electron chi connectivity index (χ1n) is 9.48. The molecular formula is C21H24N2O5. The van der Waals surface area contributed by atoms with E-state index < -0.39 is 24.0 Å². The molecule has 3 amide bonds. The molecule has 0 bridgehead atoms. The van der Waals surface area contributed by atoms with Crippen LogP contribution in [0.2, 0.25) is 0 Å². The van der Waals surface area contributed by atoms with Gasteiger partial charge in [0.2, 0.25) is 0 Å². The summed E-state index contributed by atoms with van der Waals surface area (Å²) >= 11 is 0. The van der Waals surface area contributed by atoms with Gasteiger partial charge < -0.3 is 15.2 Å². The number of carbonyl (C=O) groups excluding carboxylic acids is 3. The van der Waals surface area contributed by atoms with E-state index in [1.165, 1.54) is 19.1 Å². The number of rotatable bonds is 4. The molecule has 0 aromatic heterocycles. The van der Waals surface area contributed by atoms with E-state index in [9.17, 15) is 19.5 Å². The smallest absolute Gasteiger partial charge is 0.342 e. The zero-order chi connectivity index (χ0) is 20.1. The van der Waals surface area contributed by atoms with Crippen molar-refractivity contribution in [2.24, 2.45) is 0 Å². The Hall–Kier alpha value is -3.09. The first-order valence-corrected chi connectivity index (χ1v) is 9.48. The number of nitrogens with one attached hydrogen (secondary N) is 2. The number of benzene rings is 2. The lowest BCUT2D eigenvalue weighted by molar-refractivity contribution is -0.127. The van der Waals surface area contributed by atoms with Crippen LogP contribution >= 0.6 is 0 Å². The monoisotopic (exact) mass is 384 g/mol. The molecule has 1 fully saturated rings. The van der Waals surface area contributed by atoms with Crippen LogP contribution in [0.4, 0.5) is 4.79 Å². The number of urea groups is 1. The van der Waals surface area contributed by atoms with Crippen LogP contribution in [-0.4, -0.2) is 35.2 Å². The van der Waals surface area contributed by atoms with E-state index >= 15 is 0 Å². The molecule has 0 unspecified atom stereocenters. The van der Waals surface area contributed by atoms with Gasteiger partial charge in [0, 0.05) is 6.04 Å². The summed E-state index contributed by atoms with van der Waals surface area (Å²) in [7, 11) is 0. The van der Waals surface area contributed by atoms with Crippen molar-refractivity contribution in [1.82, 2.24) is 10.6 Å². The number of aromatic hydroxyl groups is 1. The molecular weight excluding hydrogens is 360 g/mol. The van der Waals surface area contributed by atoms with Crippen molar-refractivity contribution in [3.8, 4) is 5.75 Å². The summed E-state index contributed by atoms with van der Waals surface area (Å²) < 4.78 is 5.13. The topological polar surface area (TPSA) is 105 Å². The second kappa shape index (κ2) is 8.73. The lowest BCUT2D eigenvalue weighted by Gasteiger charge is -2.23. The molecule has 0 radical (unpaired) electrons. The highest BCUT2D eigenvalue weighted by molar-refractivity contribution is 6.01. The summed E-state index contributed by atoms with van der Waals surface area (Å²) in [6, 6.07) is 9.70. The second-order valence-electron chi connectivity index (χ2n) is 7.06. The van der Waals surface area contributed by atoms with Crippen molar-refractivity contribution >= 4 is 28.7 Å². The number of phenolic OH excluding ortho intramolecular Hbond substituents is 1. The number of ether oxygens (including phenoxy) is 1. The minimum Gasteiger partial charge on any atom is -0.507 e. The van der Waals surface area contributed by atoms with Crippen LogP contribution in [0.25, 0.3) is 10.8 Å². The molecule has 0 aliphatic heterocycles. The number of fused-ring (bicyclic) bond motifs is 1. The van der Waals surface area contributed by atoms with Gasteiger partial charge >= 0.3 is 12.0 Å². The van der Waals surface area contributed by atoms with Gasteiger partial charge in [-0.2, -0.15) is 0 Å². The van der Waals surface area contributed by atoms with E-state index in [1.807, 2.05) is 18.2 Å². The molecule has 1 aliphatic carbocycles. The molecule has 2 aromatic carbocycles. The Morgan fingerprint density at radius 2 is 1.71 bits per heavy atom. The highest BCUT2D eigenvalue weighted by atomic mass is 16.5. The van der Waals surface area contributed by atoms with Crippen LogP contribution in [0.5, 0.6) is 5.75 Å². The standard InChI is InChI=1S/C21H24N2O5/c1-13(19(25)23-21(27)22-16-9-3-2-4-10-16)28-20(26)17-11-14-7-5-6-8-15(14)12-18(17)24/h5-8,11-13,16,24H,2-4,9-10H2,1H3,(H2,22,23,25,27)/t13-/m1/s1. The van der Waals surface area contributed by atoms with Crippen molar-refractivity contribution < 1.29 is 24.2 Å². The van der Waals surface area contributed by atoms with Gasteiger partial charge in [-0.25, -0.2) is 9.59 Å². The van der Waals surface area contributed by atoms with Crippen LogP contribution < -0.4 is 10.6 Å². The molecule has 3 N–H and O–H groups in total. The molecule has 7 heteroatoms. The Morgan fingerprint density at radius 1 is 1.07 bits per heavy atom. The van der Waals surface area contributed by atoms with Crippen LogP contribution in [0.15, 0.2) is 36.4 Å². The zero-order valence-corrected chi connectivity index (χ0v) is 15.7. The average Bonchev–Trinajstić information content (AvgIpc) is 2.67. The lowest BCUT2D eigenvalue weighted by Crippen LogP contribution is -2.48. The maximum absolute atomic E-state index is 12.4. The molecule has 0 heterocycles. The number of hydrogen-bond acceptors (Lipinski definition) is 5. The number of imide groups is 1. The number of carbonyl (C=O) groups is 3. The number of hydrogen-bond donors (Lipinski definition) is 3. The van der Waals surface area contributed by atoms with Crippen molar-refractivity contribution in [3.63, 3.8) is 0 Å². The molecule has 1 atom stereocenters. The SMILES string of the molecule is C[C@@H](OC(=O)c1cc2ccccc2cc1O)C(=O)NC(=O)NC1CCCCC1. The maximum Gasteiger partial charge on any atom is 0.342 e. The molecule has 0 saturated heterocycles. The molecule has 1 aliphatic rings. The van der Waals surface area contributed by atoms with Gasteiger partial charge in [0.25, 0.3) is 5.91 Å². The number of phenols is 1. The summed E-state index contributed by atoms with van der Waals surface area (Å²) in [6.07, 6.45) is 3.88. The van der Waals surface area contributed by atoms with Gasteiger partial charge in [-0.05, 0) is 42.7 Å². The van der Waals surface area contributed by atoms with E-state index in [-0.39, 0.29) is 17.4 Å². The van der Waals surface area contributed by atoms with Crippen LogP contribution in [-0.2, 0) is 9.53 Å². The van der Waals surface area contributed by atoms with Crippen molar-refractivity contribution in [2.45, 2.75) is 51.2 Å². The van der Waals surface area contributed by atoms with E-state index in [0.29, 0.717) is 0 Å². The fraction of sp³-hybridized carbons (Fsp3) is 0.381. The Kier molecular flexibility index (Phi) is 6.13. The van der Waals surface area contributed by atoms with Gasteiger partial charge in [0.05, 0.1) is 0 Å². The van der Waals surface area contributed by atoms with Crippen molar-refractivity contribution in [2.75, 3.05) is 0 Å². The second-order valence-corrected chi connectivity index (χ2v) is 7.06. The Bertz CT molecular complexity index is 889. The largest absolute Gasteiger partial charge is 0.507 e. The summed E-state index contributed by atoms with van der Waals surface area (Å²) in [5.41, 5.74) is -0.0370. The Labute approximate surface area is 163 Å². The maximum atomic E-state index is 12.4. The first-order chi connectivity index (χ1) is 13.4. The fourth-order valence-corrected chi connectivity index (χ4v) is 3.35. The summed E-state index contributed by atoms with van der Waals surface area (Å²) in [5.74, 6) is -1.79. The predicted molar refractivity (Wildman–Crippen MR) is 104 cm³/mol. The van der Waals surface area contributed by atoms with E-state index in [1.54, 1.807) is 6.07 Å². The predicted octanol–water partition coefficient (Wildman–Crippen LogP) is 3.25. The van der Waals surface area contributed by atoms with E-state index in [0.717, 1.165) is 42.9 Å². The molecule has 2 aromatic rings. The minimum absolute atomic E-state index is 0.0370. The fourth-order valence-electron chi connectivity index (χ4n) is 3.35. The highest BCUT2D eigenvalue weighted by Crippen LogP contribution is 2.26. The van der Waals surface area contributed by atoms with Gasteiger partial charge in [0.15, 0.2) is 6.10 Å². The third kappa shape index (κ3) is 4.79. The molecule has 28 heavy (non-hydrogen) atoms. The van der Waals surface area contributed by atoms with Crippen LogP contribution in [0.1, 0.15) is 49.4 Å². The zero-order valence-electron chi connectivity index (χ0n) is 15.7. The minimum atomic E-state index is -1.18. The van der Waals surface area contributed by atoms with Crippen molar-refractivity contribution in [1.29, 1.82) is 0 Å². The first kappa shape index (κ1) is 19.7. The molecule has 3 rings (SSSR count). The number of amides is 3. The summed E-state index contributed by atoms with van der Waals surface area (Å²) in [4.78, 5) is 36.5. The highest BCUT2D eigenvalue weighted by Gasteiger charge is 2.24. The van der Waals surface area contributed by atoms with Crippen LogP contribution in [0, 0.1) is 0 Å². The van der Waals surface area contributed by atoms with Crippen LogP contribution in [0.3, 0.4) is 0 Å². The van der Waals surface area contributed by atoms with Gasteiger partial charge in [-0.1, -0.05) is 43.5 Å². The Balaban J connectivity index is 1.58. The Morgan fingerprint density at radius 3 is 2.39 bits per heavy atom. The summed E-state index contributed by atoms with van der Waals surface area (Å²) in [6.45, 7) is 1.37. The van der Waals surface area contributed by atoms with Gasteiger partial charge in [-0.3, -0.25) is 10.1 Å². The molecule has 0 spiro atoms. The van der Waals surface area contributed by atoms with Gasteiger partial charge in [-0.15, -0.1) is 0 Å². The normalized spacial score (nSPS) is 15.6. The molecule has 7 nitrogen and oxygen atoms in total. The van der Waals surface area contributed by atoms with E-state index in [2.05, 4.69) is 10.6 Å².